The highest BCUT2D eigenvalue weighted by Crippen LogP contribution is 2.21. The Hall–Kier alpha value is -2.86. The number of amides is 2. The molecular weight excluding hydrogens is 379 g/mol. The molecule has 2 amide bonds. The molecular formula is C21H22ClFN4O. The van der Waals surface area contributed by atoms with Crippen molar-refractivity contribution in [1.82, 2.24) is 14.7 Å². The maximum atomic E-state index is 13.1. The minimum absolute atomic E-state index is 0.171. The van der Waals surface area contributed by atoms with Gasteiger partial charge in [-0.25, -0.2) is 9.18 Å². The molecule has 0 aliphatic heterocycles. The molecule has 0 radical (unpaired) electrons. The molecule has 0 bridgehead atoms. The molecule has 3 rings (SSSR count). The van der Waals surface area contributed by atoms with Gasteiger partial charge in [0.15, 0.2) is 0 Å². The number of carbonyl (C=O) groups excluding carboxylic acids is 1. The minimum Gasteiger partial charge on any atom is -0.328 e. The number of nitrogens with one attached hydrogen (secondary N) is 1. The molecule has 3 aromatic rings. The lowest BCUT2D eigenvalue weighted by molar-refractivity contribution is 0.222. The van der Waals surface area contributed by atoms with E-state index in [2.05, 4.69) is 10.4 Å². The number of benzene rings is 2. The molecule has 0 saturated heterocycles. The van der Waals surface area contributed by atoms with Crippen LogP contribution in [0.4, 0.5) is 14.9 Å². The quantitative estimate of drug-likeness (QED) is 0.634. The Kier molecular flexibility index (Phi) is 6.31. The van der Waals surface area contributed by atoms with Gasteiger partial charge in [-0.15, -0.1) is 0 Å². The third-order valence-electron chi connectivity index (χ3n) is 4.44. The molecule has 7 heteroatoms. The van der Waals surface area contributed by atoms with E-state index in [-0.39, 0.29) is 11.8 Å². The van der Waals surface area contributed by atoms with Gasteiger partial charge in [0.05, 0.1) is 11.4 Å². The van der Waals surface area contributed by atoms with Gasteiger partial charge in [0, 0.05) is 31.4 Å². The molecule has 0 unspecified atom stereocenters. The zero-order valence-electron chi connectivity index (χ0n) is 15.8. The van der Waals surface area contributed by atoms with Crippen LogP contribution < -0.4 is 5.32 Å². The van der Waals surface area contributed by atoms with E-state index < -0.39 is 0 Å². The fourth-order valence-corrected chi connectivity index (χ4v) is 3.02. The molecule has 1 heterocycles. The van der Waals surface area contributed by atoms with Crippen molar-refractivity contribution in [2.75, 3.05) is 18.9 Å². The Morgan fingerprint density at radius 2 is 1.86 bits per heavy atom. The normalized spacial score (nSPS) is 10.7. The lowest BCUT2D eigenvalue weighted by atomic mass is 10.1. The average Bonchev–Trinajstić information content (AvgIpc) is 3.04. The lowest BCUT2D eigenvalue weighted by Crippen LogP contribution is -2.32. The lowest BCUT2D eigenvalue weighted by Gasteiger charge is -2.17. The number of urea groups is 1. The highest BCUT2D eigenvalue weighted by atomic mass is 35.5. The molecule has 0 fully saturated rings. The van der Waals surface area contributed by atoms with Crippen LogP contribution in [0.15, 0.2) is 54.6 Å². The number of halogens is 2. The fraction of sp³-hybridized carbons (Fsp3) is 0.238. The number of rotatable bonds is 6. The molecule has 0 spiro atoms. The topological polar surface area (TPSA) is 50.2 Å². The smallest absolute Gasteiger partial charge is 0.321 e. The second-order valence-corrected chi connectivity index (χ2v) is 7.05. The van der Waals surface area contributed by atoms with Gasteiger partial charge in [0.1, 0.15) is 5.82 Å². The Morgan fingerprint density at radius 1 is 1.18 bits per heavy atom. The van der Waals surface area contributed by atoms with Gasteiger partial charge in [0.2, 0.25) is 0 Å². The Labute approximate surface area is 168 Å². The van der Waals surface area contributed by atoms with Crippen LogP contribution in [0.2, 0.25) is 5.02 Å². The number of hydrogen-bond acceptors (Lipinski definition) is 2. The van der Waals surface area contributed by atoms with Gasteiger partial charge < -0.3 is 10.2 Å². The van der Waals surface area contributed by atoms with E-state index in [0.717, 1.165) is 29.8 Å². The largest absolute Gasteiger partial charge is 0.328 e. The van der Waals surface area contributed by atoms with Crippen LogP contribution in [0.5, 0.6) is 0 Å². The van der Waals surface area contributed by atoms with Crippen molar-refractivity contribution in [2.45, 2.75) is 12.8 Å². The van der Waals surface area contributed by atoms with Crippen LogP contribution >= 0.6 is 11.6 Å². The van der Waals surface area contributed by atoms with Crippen LogP contribution in [-0.4, -0.2) is 34.3 Å². The molecule has 1 N–H and O–H groups in total. The zero-order chi connectivity index (χ0) is 20.1. The fourth-order valence-electron chi connectivity index (χ4n) is 2.89. The molecule has 5 nitrogen and oxygen atoms in total. The summed E-state index contributed by atoms with van der Waals surface area (Å²) in [4.78, 5) is 13.9. The minimum atomic E-state index is -0.258. The van der Waals surface area contributed by atoms with Crippen LogP contribution in [0.1, 0.15) is 12.1 Å². The van der Waals surface area contributed by atoms with E-state index >= 15 is 0 Å². The van der Waals surface area contributed by atoms with Gasteiger partial charge >= 0.3 is 6.03 Å². The van der Waals surface area contributed by atoms with Crippen LogP contribution in [0.25, 0.3) is 11.3 Å². The van der Waals surface area contributed by atoms with E-state index in [1.165, 1.54) is 12.1 Å². The monoisotopic (exact) mass is 400 g/mol. The number of aromatic nitrogens is 2. The second kappa shape index (κ2) is 8.89. The van der Waals surface area contributed by atoms with Gasteiger partial charge in [-0.3, -0.25) is 4.68 Å². The van der Waals surface area contributed by atoms with Crippen LogP contribution in [0, 0.1) is 5.82 Å². The summed E-state index contributed by atoms with van der Waals surface area (Å²) in [5.74, 6) is -0.258. The van der Waals surface area contributed by atoms with Crippen molar-refractivity contribution in [3.63, 3.8) is 0 Å². The van der Waals surface area contributed by atoms with E-state index in [0.29, 0.717) is 17.3 Å². The first-order valence-corrected chi connectivity index (χ1v) is 9.37. The second-order valence-electron chi connectivity index (χ2n) is 6.61. The summed E-state index contributed by atoms with van der Waals surface area (Å²) in [5, 5.41) is 7.98. The Bertz CT molecular complexity index is 938. The third-order valence-corrected chi connectivity index (χ3v) is 4.69. The van der Waals surface area contributed by atoms with Crippen LogP contribution in [-0.2, 0) is 13.5 Å². The van der Waals surface area contributed by atoms with Crippen molar-refractivity contribution in [3.05, 3.63) is 71.1 Å². The Morgan fingerprint density at radius 3 is 2.54 bits per heavy atom. The SMILES string of the molecule is CN(CCCc1cc(-c2ccc(F)cc2)n(C)n1)C(=O)Nc1ccc(Cl)cc1. The number of carbonyl (C=O) groups is 1. The molecule has 0 atom stereocenters. The zero-order valence-corrected chi connectivity index (χ0v) is 16.6. The summed E-state index contributed by atoms with van der Waals surface area (Å²) in [5.41, 5.74) is 3.49. The van der Waals surface area contributed by atoms with E-state index in [4.69, 9.17) is 11.6 Å². The molecule has 1 aromatic heterocycles. The first-order valence-electron chi connectivity index (χ1n) is 8.99. The van der Waals surface area contributed by atoms with Crippen molar-refractivity contribution in [2.24, 2.45) is 7.05 Å². The van der Waals surface area contributed by atoms with Crippen molar-refractivity contribution in [1.29, 1.82) is 0 Å². The maximum Gasteiger partial charge on any atom is 0.321 e. The Balaban J connectivity index is 1.51. The van der Waals surface area contributed by atoms with E-state index in [1.807, 2.05) is 13.1 Å². The number of nitrogens with zero attached hydrogens (tertiary/aromatic N) is 3. The van der Waals surface area contributed by atoms with Crippen molar-refractivity contribution >= 4 is 23.3 Å². The number of hydrogen-bond donors (Lipinski definition) is 1. The van der Waals surface area contributed by atoms with Gasteiger partial charge in [-0.2, -0.15) is 5.10 Å². The molecule has 28 heavy (non-hydrogen) atoms. The number of aryl methyl sites for hydroxylation is 2. The molecule has 0 saturated carbocycles. The average molecular weight is 401 g/mol. The maximum absolute atomic E-state index is 13.1. The summed E-state index contributed by atoms with van der Waals surface area (Å²) in [6.45, 7) is 0.599. The predicted octanol–water partition coefficient (Wildman–Crippen LogP) is 4.98. The van der Waals surface area contributed by atoms with Gasteiger partial charge in [-0.05, 0) is 73.0 Å². The summed E-state index contributed by atoms with van der Waals surface area (Å²) >= 11 is 5.85. The number of anilines is 1. The molecule has 0 aliphatic rings. The summed E-state index contributed by atoms with van der Waals surface area (Å²) in [6.07, 6.45) is 1.53. The van der Waals surface area contributed by atoms with E-state index in [1.54, 1.807) is 53.0 Å². The first kappa shape index (κ1) is 19.9. The summed E-state index contributed by atoms with van der Waals surface area (Å²) in [7, 11) is 3.63. The van der Waals surface area contributed by atoms with Crippen molar-refractivity contribution < 1.29 is 9.18 Å². The first-order chi connectivity index (χ1) is 13.4. The summed E-state index contributed by atoms with van der Waals surface area (Å²) < 4.78 is 14.9. The summed E-state index contributed by atoms with van der Waals surface area (Å²) in [6, 6.07) is 15.2. The van der Waals surface area contributed by atoms with E-state index in [9.17, 15) is 9.18 Å². The highest BCUT2D eigenvalue weighted by molar-refractivity contribution is 6.30. The van der Waals surface area contributed by atoms with Crippen molar-refractivity contribution in [3.8, 4) is 11.3 Å². The van der Waals surface area contributed by atoms with Gasteiger partial charge in [0.25, 0.3) is 0 Å². The third kappa shape index (κ3) is 5.10. The molecule has 0 aliphatic carbocycles. The van der Waals surface area contributed by atoms with Gasteiger partial charge in [-0.1, -0.05) is 11.6 Å². The standard InChI is InChI=1S/C21H22ClFN4O/c1-26(21(28)24-18-11-7-16(22)8-12-18)13-3-4-19-14-20(27(2)25-19)15-5-9-17(23)10-6-15/h5-12,14H,3-4,13H2,1-2H3,(H,24,28). The molecule has 146 valence electrons. The van der Waals surface area contributed by atoms with Crippen LogP contribution in [0.3, 0.4) is 0 Å². The highest BCUT2D eigenvalue weighted by Gasteiger charge is 2.11. The predicted molar refractivity (Wildman–Crippen MR) is 110 cm³/mol. The molecule has 2 aromatic carbocycles.